The molecule has 1 saturated heterocycles. The zero-order valence-corrected chi connectivity index (χ0v) is 18.4. The first-order valence-electron chi connectivity index (χ1n) is 9.53. The maximum absolute atomic E-state index is 13.9. The molecule has 26 heavy (non-hydrogen) atoms. The molecule has 1 aromatic rings. The molecule has 1 saturated carbocycles. The van der Waals surface area contributed by atoms with Gasteiger partial charge in [-0.15, -0.1) is 24.0 Å². The van der Waals surface area contributed by atoms with E-state index in [4.69, 9.17) is 0 Å². The predicted octanol–water partition coefficient (Wildman–Crippen LogP) is 3.59. The van der Waals surface area contributed by atoms with Gasteiger partial charge in [0, 0.05) is 44.7 Å². The van der Waals surface area contributed by atoms with Crippen molar-refractivity contribution in [3.63, 3.8) is 0 Å². The van der Waals surface area contributed by atoms with Crippen LogP contribution in [-0.2, 0) is 0 Å². The van der Waals surface area contributed by atoms with Gasteiger partial charge in [-0.25, -0.2) is 4.39 Å². The Bertz CT molecular complexity index is 599. The van der Waals surface area contributed by atoms with E-state index < -0.39 is 0 Å². The Labute approximate surface area is 174 Å². The highest BCUT2D eigenvalue weighted by molar-refractivity contribution is 14.0. The van der Waals surface area contributed by atoms with Crippen molar-refractivity contribution < 1.29 is 4.39 Å². The fourth-order valence-electron chi connectivity index (χ4n) is 3.79. The molecule has 0 bridgehead atoms. The van der Waals surface area contributed by atoms with E-state index in [0.717, 1.165) is 49.8 Å². The van der Waals surface area contributed by atoms with Gasteiger partial charge in [0.25, 0.3) is 0 Å². The number of benzene rings is 1. The average Bonchev–Trinajstić information content (AvgIpc) is 3.35. The van der Waals surface area contributed by atoms with Gasteiger partial charge in [0.1, 0.15) is 5.82 Å². The number of piperidine rings is 1. The Morgan fingerprint density at radius 2 is 1.92 bits per heavy atom. The second kappa shape index (κ2) is 9.88. The Hall–Kier alpha value is -0.890. The van der Waals surface area contributed by atoms with Crippen molar-refractivity contribution in [3.05, 3.63) is 35.6 Å². The molecular weight excluding hydrogens is 442 g/mol. The Morgan fingerprint density at radius 3 is 2.54 bits per heavy atom. The van der Waals surface area contributed by atoms with Gasteiger partial charge in [0.2, 0.25) is 0 Å². The van der Waals surface area contributed by atoms with Crippen LogP contribution in [0.25, 0.3) is 0 Å². The Balaban J connectivity index is 0.00000243. The largest absolute Gasteiger partial charge is 0.354 e. The number of halogens is 2. The lowest BCUT2D eigenvalue weighted by Crippen LogP contribution is -2.49. The van der Waals surface area contributed by atoms with Crippen molar-refractivity contribution in [2.45, 2.75) is 51.1 Å². The number of aliphatic imine (C=N–C) groups is 1. The predicted molar refractivity (Wildman–Crippen MR) is 117 cm³/mol. The van der Waals surface area contributed by atoms with Gasteiger partial charge in [-0.2, -0.15) is 0 Å². The first kappa shape index (κ1) is 21.4. The van der Waals surface area contributed by atoms with Gasteiger partial charge in [-0.05, 0) is 36.8 Å². The third-order valence-corrected chi connectivity index (χ3v) is 5.19. The van der Waals surface area contributed by atoms with E-state index in [9.17, 15) is 4.39 Å². The van der Waals surface area contributed by atoms with Gasteiger partial charge >= 0.3 is 0 Å². The zero-order chi connectivity index (χ0) is 17.8. The van der Waals surface area contributed by atoms with Crippen LogP contribution in [-0.4, -0.2) is 49.6 Å². The van der Waals surface area contributed by atoms with Crippen LogP contribution >= 0.6 is 24.0 Å². The first-order valence-corrected chi connectivity index (χ1v) is 9.53. The summed E-state index contributed by atoms with van der Waals surface area (Å²) in [4.78, 5) is 6.92. The first-order chi connectivity index (χ1) is 12.1. The Morgan fingerprint density at radius 1 is 1.23 bits per heavy atom. The fraction of sp³-hybridized carbons (Fsp3) is 0.650. The number of likely N-dealkylation sites (tertiary alicyclic amines) is 1. The minimum Gasteiger partial charge on any atom is -0.354 e. The maximum atomic E-state index is 13.9. The number of guanidine groups is 1. The van der Waals surface area contributed by atoms with Gasteiger partial charge in [-0.1, -0.05) is 32.0 Å². The van der Waals surface area contributed by atoms with E-state index in [2.05, 4.69) is 34.4 Å². The normalized spacial score (nSPS) is 24.3. The van der Waals surface area contributed by atoms with Gasteiger partial charge in [-0.3, -0.25) is 4.99 Å². The molecule has 0 amide bonds. The number of hydrogen-bond acceptors (Lipinski definition) is 2. The van der Waals surface area contributed by atoms with Gasteiger partial charge in [0.05, 0.1) is 0 Å². The lowest BCUT2D eigenvalue weighted by Gasteiger charge is -2.34. The van der Waals surface area contributed by atoms with E-state index in [-0.39, 0.29) is 41.8 Å². The minimum absolute atomic E-state index is 0. The molecule has 2 N–H and O–H groups in total. The van der Waals surface area contributed by atoms with Crippen LogP contribution in [0.5, 0.6) is 0 Å². The number of hydrogen-bond donors (Lipinski definition) is 2. The number of nitrogens with one attached hydrogen (secondary N) is 2. The van der Waals surface area contributed by atoms with E-state index in [0.29, 0.717) is 6.04 Å². The van der Waals surface area contributed by atoms with Crippen molar-refractivity contribution in [1.82, 2.24) is 15.5 Å². The maximum Gasteiger partial charge on any atom is 0.191 e. The summed E-state index contributed by atoms with van der Waals surface area (Å²) < 4.78 is 13.9. The molecule has 1 aromatic carbocycles. The van der Waals surface area contributed by atoms with Crippen molar-refractivity contribution in [1.29, 1.82) is 0 Å². The van der Waals surface area contributed by atoms with E-state index in [1.165, 1.54) is 6.54 Å². The molecule has 4 nitrogen and oxygen atoms in total. The van der Waals surface area contributed by atoms with Crippen LogP contribution in [0.3, 0.4) is 0 Å². The van der Waals surface area contributed by atoms with Gasteiger partial charge in [0.15, 0.2) is 5.96 Å². The summed E-state index contributed by atoms with van der Waals surface area (Å²) in [6.45, 7) is 8.03. The standard InChI is InChI=1S/C20H31FN4.HI/c1-14(2)13-25-10-8-15(9-11-25)23-20(22-3)24-19-12-17(19)16-6-4-5-7-18(16)21;/h4-7,14-15,17,19H,8-13H2,1-3H3,(H2,22,23,24);1H. The lowest BCUT2D eigenvalue weighted by molar-refractivity contribution is 0.187. The number of rotatable bonds is 5. The molecule has 2 unspecified atom stereocenters. The molecule has 146 valence electrons. The summed E-state index contributed by atoms with van der Waals surface area (Å²) in [5.41, 5.74) is 0.817. The second-order valence-corrected chi connectivity index (χ2v) is 7.80. The monoisotopic (exact) mass is 474 g/mol. The smallest absolute Gasteiger partial charge is 0.191 e. The average molecular weight is 474 g/mol. The van der Waals surface area contributed by atoms with Crippen LogP contribution in [0, 0.1) is 11.7 Å². The molecule has 2 fully saturated rings. The summed E-state index contributed by atoms with van der Waals surface area (Å²) in [7, 11) is 1.81. The van der Waals surface area contributed by atoms with E-state index in [1.54, 1.807) is 12.1 Å². The summed E-state index contributed by atoms with van der Waals surface area (Å²) in [6.07, 6.45) is 3.26. The summed E-state index contributed by atoms with van der Waals surface area (Å²) >= 11 is 0. The zero-order valence-electron chi connectivity index (χ0n) is 16.0. The third-order valence-electron chi connectivity index (χ3n) is 5.19. The topological polar surface area (TPSA) is 39.7 Å². The molecule has 1 heterocycles. The molecule has 0 spiro atoms. The highest BCUT2D eigenvalue weighted by Gasteiger charge is 2.40. The highest BCUT2D eigenvalue weighted by Crippen LogP contribution is 2.41. The molecule has 1 aliphatic carbocycles. The van der Waals surface area contributed by atoms with Crippen LogP contribution in [0.15, 0.2) is 29.3 Å². The van der Waals surface area contributed by atoms with Crippen LogP contribution in [0.2, 0.25) is 0 Å². The molecule has 1 aliphatic heterocycles. The highest BCUT2D eigenvalue weighted by atomic mass is 127. The summed E-state index contributed by atoms with van der Waals surface area (Å²) in [5, 5.41) is 7.02. The third kappa shape index (κ3) is 5.81. The molecule has 3 rings (SSSR count). The fourth-order valence-corrected chi connectivity index (χ4v) is 3.79. The molecule has 2 aliphatic rings. The van der Waals surface area contributed by atoms with Gasteiger partial charge < -0.3 is 15.5 Å². The summed E-state index contributed by atoms with van der Waals surface area (Å²) in [5.74, 6) is 1.74. The summed E-state index contributed by atoms with van der Waals surface area (Å²) in [6, 6.07) is 7.84. The quantitative estimate of drug-likeness (QED) is 0.390. The van der Waals surface area contributed by atoms with Crippen molar-refractivity contribution in [2.75, 3.05) is 26.7 Å². The van der Waals surface area contributed by atoms with Crippen molar-refractivity contribution >= 4 is 29.9 Å². The van der Waals surface area contributed by atoms with Crippen molar-refractivity contribution in [2.24, 2.45) is 10.9 Å². The molecule has 6 heteroatoms. The van der Waals surface area contributed by atoms with Crippen molar-refractivity contribution in [3.8, 4) is 0 Å². The SMILES string of the molecule is CN=C(NC1CCN(CC(C)C)CC1)NC1CC1c1ccccc1F.I. The molecule has 2 atom stereocenters. The van der Waals surface area contributed by atoms with E-state index in [1.807, 2.05) is 19.2 Å². The van der Waals surface area contributed by atoms with Crippen LogP contribution < -0.4 is 10.6 Å². The van der Waals surface area contributed by atoms with Crippen LogP contribution in [0.1, 0.15) is 44.6 Å². The lowest BCUT2D eigenvalue weighted by atomic mass is 10.0. The van der Waals surface area contributed by atoms with Crippen LogP contribution in [0.4, 0.5) is 4.39 Å². The number of nitrogens with zero attached hydrogens (tertiary/aromatic N) is 2. The Kier molecular flexibility index (Phi) is 8.13. The molecular formula is C20H32FIN4. The second-order valence-electron chi connectivity index (χ2n) is 7.80. The molecule has 0 aromatic heterocycles. The molecule has 0 radical (unpaired) electrons. The van der Waals surface area contributed by atoms with E-state index >= 15 is 0 Å². The minimum atomic E-state index is -0.0997.